The number of aryl methyl sites for hydroxylation is 1. The molecule has 1 aromatic rings. The molecule has 0 aromatic carbocycles. The Hall–Kier alpha value is -1.40. The molecule has 0 saturated heterocycles. The SMILES string of the molecule is O=C(CCCc1cccs1)NC(CO)C(=O)O. The number of carboxylic acid groups (broad SMARTS) is 1. The van der Waals surface area contributed by atoms with Gasteiger partial charge in [0, 0.05) is 11.3 Å². The van der Waals surface area contributed by atoms with Crippen molar-refractivity contribution in [2.75, 3.05) is 6.61 Å². The second kappa shape index (κ2) is 7.03. The molecule has 1 aromatic heterocycles. The van der Waals surface area contributed by atoms with Gasteiger partial charge in [-0.2, -0.15) is 0 Å². The van der Waals surface area contributed by atoms with E-state index in [-0.39, 0.29) is 12.3 Å². The average molecular weight is 257 g/mol. The molecule has 0 spiro atoms. The molecule has 0 fully saturated rings. The van der Waals surface area contributed by atoms with Crippen LogP contribution in [0.1, 0.15) is 17.7 Å². The lowest BCUT2D eigenvalue weighted by Gasteiger charge is -2.11. The number of nitrogens with one attached hydrogen (secondary N) is 1. The van der Waals surface area contributed by atoms with Crippen molar-refractivity contribution >= 4 is 23.2 Å². The third kappa shape index (κ3) is 4.97. The molecular weight excluding hydrogens is 242 g/mol. The summed E-state index contributed by atoms with van der Waals surface area (Å²) in [5.41, 5.74) is 0. The highest BCUT2D eigenvalue weighted by molar-refractivity contribution is 7.09. The van der Waals surface area contributed by atoms with Gasteiger partial charge >= 0.3 is 5.97 Å². The summed E-state index contributed by atoms with van der Waals surface area (Å²) in [6.45, 7) is -0.591. The highest BCUT2D eigenvalue weighted by Gasteiger charge is 2.18. The van der Waals surface area contributed by atoms with Crippen LogP contribution in [0, 0.1) is 0 Å². The van der Waals surface area contributed by atoms with Gasteiger partial charge in [0.05, 0.1) is 6.61 Å². The Morgan fingerprint density at radius 3 is 2.76 bits per heavy atom. The standard InChI is InChI=1S/C11H15NO4S/c13-7-9(11(15)16)12-10(14)5-1-3-8-4-2-6-17-8/h2,4,6,9,13H,1,3,5,7H2,(H,12,14)(H,15,16). The van der Waals surface area contributed by atoms with E-state index < -0.39 is 18.6 Å². The fourth-order valence-corrected chi connectivity index (χ4v) is 2.08. The number of carboxylic acids is 1. The molecule has 6 heteroatoms. The van der Waals surface area contributed by atoms with E-state index in [2.05, 4.69) is 5.32 Å². The fraction of sp³-hybridized carbons (Fsp3) is 0.455. The van der Waals surface area contributed by atoms with Crippen molar-refractivity contribution in [1.82, 2.24) is 5.32 Å². The molecule has 1 unspecified atom stereocenters. The van der Waals surface area contributed by atoms with Crippen molar-refractivity contribution in [2.24, 2.45) is 0 Å². The Morgan fingerprint density at radius 1 is 1.47 bits per heavy atom. The molecule has 1 atom stereocenters. The zero-order chi connectivity index (χ0) is 12.7. The number of rotatable bonds is 7. The van der Waals surface area contributed by atoms with Crippen molar-refractivity contribution in [3.05, 3.63) is 22.4 Å². The van der Waals surface area contributed by atoms with E-state index in [9.17, 15) is 9.59 Å². The van der Waals surface area contributed by atoms with Crippen molar-refractivity contribution in [3.63, 3.8) is 0 Å². The molecule has 0 saturated carbocycles. The molecule has 1 heterocycles. The minimum absolute atomic E-state index is 0.266. The van der Waals surface area contributed by atoms with Gasteiger partial charge in [0.2, 0.25) is 5.91 Å². The van der Waals surface area contributed by atoms with Crippen LogP contribution in [-0.2, 0) is 16.0 Å². The first kappa shape index (κ1) is 13.7. The maximum atomic E-state index is 11.4. The molecule has 0 aliphatic carbocycles. The number of hydrogen-bond donors (Lipinski definition) is 3. The maximum absolute atomic E-state index is 11.4. The van der Waals surface area contributed by atoms with Crippen molar-refractivity contribution in [2.45, 2.75) is 25.3 Å². The van der Waals surface area contributed by atoms with E-state index in [1.54, 1.807) is 11.3 Å². The molecule has 17 heavy (non-hydrogen) atoms. The summed E-state index contributed by atoms with van der Waals surface area (Å²) in [6, 6.07) is 2.74. The van der Waals surface area contributed by atoms with Gasteiger partial charge in [0.15, 0.2) is 0 Å². The van der Waals surface area contributed by atoms with Gasteiger partial charge < -0.3 is 15.5 Å². The average Bonchev–Trinajstić information content (AvgIpc) is 2.78. The number of amides is 1. The van der Waals surface area contributed by atoms with Crippen LogP contribution in [0.4, 0.5) is 0 Å². The number of carbonyl (C=O) groups is 2. The van der Waals surface area contributed by atoms with Crippen molar-refractivity contribution in [3.8, 4) is 0 Å². The van der Waals surface area contributed by atoms with Crippen molar-refractivity contribution < 1.29 is 19.8 Å². The van der Waals surface area contributed by atoms with Crippen LogP contribution in [0.3, 0.4) is 0 Å². The van der Waals surface area contributed by atoms with E-state index in [0.29, 0.717) is 6.42 Å². The summed E-state index contributed by atoms with van der Waals surface area (Å²) in [4.78, 5) is 23.1. The first-order valence-corrected chi connectivity index (χ1v) is 6.17. The van der Waals surface area contributed by atoms with E-state index in [4.69, 9.17) is 10.2 Å². The number of aliphatic hydroxyl groups excluding tert-OH is 1. The Balaban J connectivity index is 2.23. The molecular formula is C11H15NO4S. The third-order valence-electron chi connectivity index (χ3n) is 2.22. The van der Waals surface area contributed by atoms with E-state index in [1.165, 1.54) is 4.88 Å². The Kier molecular flexibility index (Phi) is 5.65. The first-order chi connectivity index (χ1) is 8.13. The van der Waals surface area contributed by atoms with E-state index in [1.807, 2.05) is 17.5 Å². The predicted molar refractivity (Wildman–Crippen MR) is 63.9 cm³/mol. The Morgan fingerprint density at radius 2 is 2.24 bits per heavy atom. The van der Waals surface area contributed by atoms with Crippen LogP contribution in [0.25, 0.3) is 0 Å². The van der Waals surface area contributed by atoms with Crippen LogP contribution in [0.15, 0.2) is 17.5 Å². The van der Waals surface area contributed by atoms with Gasteiger partial charge in [-0.1, -0.05) is 6.07 Å². The second-order valence-electron chi connectivity index (χ2n) is 3.57. The maximum Gasteiger partial charge on any atom is 0.328 e. The van der Waals surface area contributed by atoms with E-state index >= 15 is 0 Å². The molecule has 94 valence electrons. The lowest BCUT2D eigenvalue weighted by atomic mass is 10.2. The first-order valence-electron chi connectivity index (χ1n) is 5.29. The minimum Gasteiger partial charge on any atom is -0.480 e. The monoisotopic (exact) mass is 257 g/mol. The third-order valence-corrected chi connectivity index (χ3v) is 3.16. The van der Waals surface area contributed by atoms with Crippen LogP contribution in [0.2, 0.25) is 0 Å². The molecule has 0 aliphatic heterocycles. The number of hydrogen-bond acceptors (Lipinski definition) is 4. The van der Waals surface area contributed by atoms with Gasteiger partial charge in [-0.3, -0.25) is 4.79 Å². The van der Waals surface area contributed by atoms with Crippen molar-refractivity contribution in [1.29, 1.82) is 0 Å². The topological polar surface area (TPSA) is 86.6 Å². The summed E-state index contributed by atoms with van der Waals surface area (Å²) in [7, 11) is 0. The van der Waals surface area contributed by atoms with Gasteiger partial charge in [-0.25, -0.2) is 4.79 Å². The second-order valence-corrected chi connectivity index (χ2v) is 4.61. The summed E-state index contributed by atoms with van der Waals surface area (Å²) >= 11 is 1.63. The lowest BCUT2D eigenvalue weighted by molar-refractivity contribution is -0.142. The Labute approximate surface area is 103 Å². The number of aliphatic carboxylic acids is 1. The molecule has 5 nitrogen and oxygen atoms in total. The number of thiophene rings is 1. The lowest BCUT2D eigenvalue weighted by Crippen LogP contribution is -2.43. The van der Waals surface area contributed by atoms with E-state index in [0.717, 1.165) is 6.42 Å². The molecule has 0 aliphatic rings. The highest BCUT2D eigenvalue weighted by atomic mass is 32.1. The highest BCUT2D eigenvalue weighted by Crippen LogP contribution is 2.11. The quantitative estimate of drug-likeness (QED) is 0.668. The van der Waals surface area contributed by atoms with Gasteiger partial charge in [0.25, 0.3) is 0 Å². The normalized spacial score (nSPS) is 12.1. The summed E-state index contributed by atoms with van der Waals surface area (Å²) < 4.78 is 0. The largest absolute Gasteiger partial charge is 0.480 e. The molecule has 0 radical (unpaired) electrons. The summed E-state index contributed by atoms with van der Waals surface area (Å²) in [5, 5.41) is 21.6. The number of aliphatic hydroxyl groups is 1. The van der Waals surface area contributed by atoms with Crippen LogP contribution in [0.5, 0.6) is 0 Å². The summed E-state index contributed by atoms with van der Waals surface area (Å²) in [6.07, 6.45) is 1.74. The van der Waals surface area contributed by atoms with Gasteiger partial charge in [-0.15, -0.1) is 11.3 Å². The Bertz CT molecular complexity index is 364. The summed E-state index contributed by atoms with van der Waals surface area (Å²) in [5.74, 6) is -1.57. The van der Waals surface area contributed by atoms with Crippen LogP contribution >= 0.6 is 11.3 Å². The zero-order valence-electron chi connectivity index (χ0n) is 9.26. The van der Waals surface area contributed by atoms with Crippen LogP contribution in [-0.4, -0.2) is 34.7 Å². The predicted octanol–water partition coefficient (Wildman–Crippen LogP) is 0.632. The molecule has 0 bridgehead atoms. The minimum atomic E-state index is -1.22. The fourth-order valence-electron chi connectivity index (χ4n) is 1.33. The smallest absolute Gasteiger partial charge is 0.328 e. The number of carbonyl (C=O) groups excluding carboxylic acids is 1. The molecule has 3 N–H and O–H groups in total. The van der Waals surface area contributed by atoms with Gasteiger partial charge in [-0.05, 0) is 24.3 Å². The zero-order valence-corrected chi connectivity index (χ0v) is 10.1. The molecule has 1 rings (SSSR count). The van der Waals surface area contributed by atoms with Gasteiger partial charge in [0.1, 0.15) is 6.04 Å². The molecule has 1 amide bonds. The van der Waals surface area contributed by atoms with Crippen LogP contribution < -0.4 is 5.32 Å².